The summed E-state index contributed by atoms with van der Waals surface area (Å²) in [6.45, 7) is 4.70. The molecule has 0 amide bonds. The number of halogens is 1. The largest absolute Gasteiger partial charge is 0.354 e. The highest BCUT2D eigenvalue weighted by atomic mass is 19.1. The number of fused-ring (bicyclic) bond motifs is 1. The van der Waals surface area contributed by atoms with Crippen LogP contribution in [0.5, 0.6) is 0 Å². The van der Waals surface area contributed by atoms with Gasteiger partial charge in [-0.05, 0) is 43.2 Å². The van der Waals surface area contributed by atoms with Gasteiger partial charge in [0.15, 0.2) is 5.82 Å². The number of hydrogen-bond acceptors (Lipinski definition) is 3. The van der Waals surface area contributed by atoms with Crippen molar-refractivity contribution in [3.63, 3.8) is 0 Å². The molecular formula is C19H19FN4. The highest BCUT2D eigenvalue weighted by molar-refractivity contribution is 5.94. The van der Waals surface area contributed by atoms with Crippen LogP contribution >= 0.6 is 0 Å². The van der Waals surface area contributed by atoms with Crippen LogP contribution in [0.1, 0.15) is 22.5 Å². The maximum absolute atomic E-state index is 13.1. The lowest BCUT2D eigenvalue weighted by molar-refractivity contribution is 0.627. The molecule has 24 heavy (non-hydrogen) atoms. The topological polar surface area (TPSA) is 44.9 Å². The fraction of sp³-hybridized carbons (Fsp3) is 0.263. The Bertz CT molecular complexity index is 948. The van der Waals surface area contributed by atoms with Crippen molar-refractivity contribution in [2.45, 2.75) is 20.4 Å². The van der Waals surface area contributed by atoms with E-state index in [9.17, 15) is 9.65 Å². The maximum Gasteiger partial charge on any atom is 0.154 e. The Kier molecular flexibility index (Phi) is 3.98. The standard InChI is InChI=1S/C19H19FN4/c1-12-13(2)24(4)18-17(12)9-16(10-21)22-19(18)23(3)11-14-5-7-15(20)8-6-14/h5-9H,11H2,1-4H3. The first kappa shape index (κ1) is 16.0. The molecule has 0 unspecified atom stereocenters. The third kappa shape index (κ3) is 2.61. The number of rotatable bonds is 3. The van der Waals surface area contributed by atoms with Gasteiger partial charge in [0.1, 0.15) is 17.6 Å². The molecule has 0 aliphatic carbocycles. The number of anilines is 1. The van der Waals surface area contributed by atoms with Crippen LogP contribution in [0.4, 0.5) is 10.2 Å². The minimum absolute atomic E-state index is 0.248. The smallest absolute Gasteiger partial charge is 0.154 e. The number of nitrogens with zero attached hydrogens (tertiary/aromatic N) is 4. The summed E-state index contributed by atoms with van der Waals surface area (Å²) in [5, 5.41) is 10.4. The van der Waals surface area contributed by atoms with Crippen LogP contribution < -0.4 is 4.90 Å². The van der Waals surface area contributed by atoms with Crippen LogP contribution in [-0.2, 0) is 13.6 Å². The third-order valence-corrected chi connectivity index (χ3v) is 4.57. The number of aromatic nitrogens is 2. The predicted molar refractivity (Wildman–Crippen MR) is 93.4 cm³/mol. The normalized spacial score (nSPS) is 10.8. The van der Waals surface area contributed by atoms with Crippen molar-refractivity contribution < 1.29 is 4.39 Å². The number of benzene rings is 1. The molecule has 0 aliphatic heterocycles. The van der Waals surface area contributed by atoms with Crippen molar-refractivity contribution in [3.05, 3.63) is 58.7 Å². The zero-order valence-electron chi connectivity index (χ0n) is 14.3. The fourth-order valence-electron chi connectivity index (χ4n) is 3.02. The van der Waals surface area contributed by atoms with Crippen LogP contribution in [0, 0.1) is 31.0 Å². The summed E-state index contributed by atoms with van der Waals surface area (Å²) in [7, 11) is 3.94. The summed E-state index contributed by atoms with van der Waals surface area (Å²) in [6, 6.07) is 10.4. The van der Waals surface area contributed by atoms with Gasteiger partial charge in [-0.25, -0.2) is 9.37 Å². The molecule has 1 aromatic carbocycles. The van der Waals surface area contributed by atoms with E-state index < -0.39 is 0 Å². The van der Waals surface area contributed by atoms with Crippen molar-refractivity contribution >= 4 is 16.7 Å². The molecule has 0 bridgehead atoms. The monoisotopic (exact) mass is 322 g/mol. The van der Waals surface area contributed by atoms with Gasteiger partial charge in [-0.3, -0.25) is 0 Å². The second-order valence-corrected chi connectivity index (χ2v) is 6.09. The molecule has 0 radical (unpaired) electrons. The van der Waals surface area contributed by atoms with Crippen LogP contribution in [0.2, 0.25) is 0 Å². The second-order valence-electron chi connectivity index (χ2n) is 6.09. The van der Waals surface area contributed by atoms with E-state index in [0.717, 1.165) is 33.5 Å². The van der Waals surface area contributed by atoms with Crippen LogP contribution in [0.15, 0.2) is 30.3 Å². The second kappa shape index (κ2) is 5.97. The SMILES string of the molecule is Cc1c(C)n(C)c2c(N(C)Cc3ccc(F)cc3)nc(C#N)cc12. The first-order valence-electron chi connectivity index (χ1n) is 7.74. The van der Waals surface area contributed by atoms with E-state index in [2.05, 4.69) is 29.5 Å². The molecule has 3 rings (SSSR count). The Morgan fingerprint density at radius 2 is 1.92 bits per heavy atom. The lowest BCUT2D eigenvalue weighted by Crippen LogP contribution is -2.19. The maximum atomic E-state index is 13.1. The van der Waals surface area contributed by atoms with E-state index >= 15 is 0 Å². The molecule has 0 saturated carbocycles. The highest BCUT2D eigenvalue weighted by Crippen LogP contribution is 2.31. The van der Waals surface area contributed by atoms with Crippen LogP contribution in [0.25, 0.3) is 10.9 Å². The molecule has 2 aromatic heterocycles. The summed E-state index contributed by atoms with van der Waals surface area (Å²) >= 11 is 0. The molecule has 0 aliphatic rings. The number of pyridine rings is 1. The zero-order valence-corrected chi connectivity index (χ0v) is 14.3. The van der Waals surface area contributed by atoms with Crippen molar-refractivity contribution in [3.8, 4) is 6.07 Å². The van der Waals surface area contributed by atoms with E-state index in [4.69, 9.17) is 0 Å². The van der Waals surface area contributed by atoms with E-state index in [0.29, 0.717) is 12.2 Å². The van der Waals surface area contributed by atoms with Crippen LogP contribution in [-0.4, -0.2) is 16.6 Å². The van der Waals surface area contributed by atoms with Gasteiger partial charge in [-0.15, -0.1) is 0 Å². The Morgan fingerprint density at radius 3 is 2.54 bits per heavy atom. The molecule has 5 heteroatoms. The Morgan fingerprint density at radius 1 is 1.25 bits per heavy atom. The van der Waals surface area contributed by atoms with Crippen molar-refractivity contribution in [2.75, 3.05) is 11.9 Å². The first-order valence-corrected chi connectivity index (χ1v) is 7.74. The quantitative estimate of drug-likeness (QED) is 0.736. The van der Waals surface area contributed by atoms with E-state index in [1.807, 2.05) is 25.1 Å². The minimum atomic E-state index is -0.248. The lowest BCUT2D eigenvalue weighted by Gasteiger charge is -2.20. The lowest BCUT2D eigenvalue weighted by atomic mass is 10.1. The predicted octanol–water partition coefficient (Wildman–Crippen LogP) is 3.84. The Balaban J connectivity index is 2.12. The molecule has 0 N–H and O–H groups in total. The van der Waals surface area contributed by atoms with E-state index in [1.165, 1.54) is 12.1 Å². The van der Waals surface area contributed by atoms with Crippen LogP contribution in [0.3, 0.4) is 0 Å². The van der Waals surface area contributed by atoms with Crippen molar-refractivity contribution in [1.29, 1.82) is 5.26 Å². The zero-order chi connectivity index (χ0) is 17.4. The van der Waals surface area contributed by atoms with Gasteiger partial charge >= 0.3 is 0 Å². The molecule has 0 spiro atoms. The molecule has 0 fully saturated rings. The summed E-state index contributed by atoms with van der Waals surface area (Å²) < 4.78 is 15.2. The third-order valence-electron chi connectivity index (χ3n) is 4.57. The van der Waals surface area contributed by atoms with Gasteiger partial charge in [0.2, 0.25) is 0 Å². The summed E-state index contributed by atoms with van der Waals surface area (Å²) in [6.07, 6.45) is 0. The summed E-state index contributed by atoms with van der Waals surface area (Å²) in [4.78, 5) is 6.51. The van der Waals surface area contributed by atoms with Crippen molar-refractivity contribution in [1.82, 2.24) is 9.55 Å². The minimum Gasteiger partial charge on any atom is -0.354 e. The van der Waals surface area contributed by atoms with Gasteiger partial charge in [0.25, 0.3) is 0 Å². The number of nitriles is 1. The summed E-state index contributed by atoms with van der Waals surface area (Å²) in [5.74, 6) is 0.508. The molecule has 3 aromatic rings. The highest BCUT2D eigenvalue weighted by Gasteiger charge is 2.18. The molecule has 0 saturated heterocycles. The van der Waals surface area contributed by atoms with Crippen molar-refractivity contribution in [2.24, 2.45) is 7.05 Å². The Hall–Kier alpha value is -2.87. The van der Waals surface area contributed by atoms with Gasteiger partial charge in [-0.2, -0.15) is 5.26 Å². The fourth-order valence-corrected chi connectivity index (χ4v) is 3.02. The summed E-state index contributed by atoms with van der Waals surface area (Å²) in [5.41, 5.74) is 4.70. The van der Waals surface area contributed by atoms with Gasteiger partial charge in [0, 0.05) is 31.7 Å². The molecular weight excluding hydrogens is 303 g/mol. The average Bonchev–Trinajstić information content (AvgIpc) is 2.80. The number of hydrogen-bond donors (Lipinski definition) is 0. The number of aryl methyl sites for hydroxylation is 2. The molecule has 4 nitrogen and oxygen atoms in total. The van der Waals surface area contributed by atoms with E-state index in [-0.39, 0.29) is 5.82 Å². The van der Waals surface area contributed by atoms with Gasteiger partial charge in [0.05, 0.1) is 5.52 Å². The molecule has 0 atom stereocenters. The Labute approximate surface area is 140 Å². The first-order chi connectivity index (χ1) is 11.4. The molecule has 2 heterocycles. The van der Waals surface area contributed by atoms with Gasteiger partial charge in [-0.1, -0.05) is 12.1 Å². The van der Waals surface area contributed by atoms with Gasteiger partial charge < -0.3 is 9.47 Å². The average molecular weight is 322 g/mol. The molecule has 122 valence electrons. The van der Waals surface area contributed by atoms with E-state index in [1.54, 1.807) is 12.1 Å².